The SMILES string of the molecule is O=C(NCc1ccc2[nH]c(=O)[nH]c2c1)c1cncc(F)c1. The summed E-state index contributed by atoms with van der Waals surface area (Å²) in [5.41, 5.74) is 2.06. The number of nitrogens with one attached hydrogen (secondary N) is 3. The van der Waals surface area contributed by atoms with Gasteiger partial charge in [0.15, 0.2) is 0 Å². The van der Waals surface area contributed by atoms with Crippen molar-refractivity contribution in [2.75, 3.05) is 0 Å². The van der Waals surface area contributed by atoms with Crippen LogP contribution in [0.4, 0.5) is 4.39 Å². The van der Waals surface area contributed by atoms with E-state index in [-0.39, 0.29) is 17.8 Å². The van der Waals surface area contributed by atoms with E-state index in [2.05, 4.69) is 20.3 Å². The van der Waals surface area contributed by atoms with E-state index in [1.54, 1.807) is 18.2 Å². The molecule has 0 fully saturated rings. The van der Waals surface area contributed by atoms with Crippen molar-refractivity contribution in [1.29, 1.82) is 0 Å². The number of benzene rings is 1. The maximum atomic E-state index is 13.0. The first-order valence-electron chi connectivity index (χ1n) is 6.21. The molecule has 1 amide bonds. The van der Waals surface area contributed by atoms with Crippen molar-refractivity contribution in [3.8, 4) is 0 Å². The number of hydrogen-bond acceptors (Lipinski definition) is 3. The second-order valence-corrected chi connectivity index (χ2v) is 4.53. The molecule has 0 atom stereocenters. The van der Waals surface area contributed by atoms with Gasteiger partial charge in [-0.25, -0.2) is 9.18 Å². The minimum Gasteiger partial charge on any atom is -0.348 e. The van der Waals surface area contributed by atoms with Gasteiger partial charge >= 0.3 is 5.69 Å². The zero-order chi connectivity index (χ0) is 14.8. The van der Waals surface area contributed by atoms with E-state index in [1.165, 1.54) is 6.20 Å². The Morgan fingerprint density at radius 3 is 2.81 bits per heavy atom. The molecule has 7 heteroatoms. The molecule has 3 aromatic rings. The number of rotatable bonds is 3. The summed E-state index contributed by atoms with van der Waals surface area (Å²) in [5.74, 6) is -0.973. The van der Waals surface area contributed by atoms with Gasteiger partial charge in [0, 0.05) is 12.7 Å². The zero-order valence-electron chi connectivity index (χ0n) is 10.8. The maximum absolute atomic E-state index is 13.0. The van der Waals surface area contributed by atoms with Crippen LogP contribution < -0.4 is 11.0 Å². The molecule has 0 aliphatic carbocycles. The second kappa shape index (κ2) is 5.20. The molecule has 0 spiro atoms. The van der Waals surface area contributed by atoms with Gasteiger partial charge in [-0.2, -0.15) is 0 Å². The summed E-state index contributed by atoms with van der Waals surface area (Å²) in [5, 5.41) is 2.67. The van der Waals surface area contributed by atoms with Crippen molar-refractivity contribution in [1.82, 2.24) is 20.3 Å². The Morgan fingerprint density at radius 1 is 1.19 bits per heavy atom. The molecule has 21 heavy (non-hydrogen) atoms. The molecule has 0 aliphatic rings. The van der Waals surface area contributed by atoms with Gasteiger partial charge in [-0.3, -0.25) is 9.78 Å². The van der Waals surface area contributed by atoms with Gasteiger partial charge < -0.3 is 15.3 Å². The number of halogens is 1. The van der Waals surface area contributed by atoms with E-state index in [1.807, 2.05) is 0 Å². The number of pyridine rings is 1. The lowest BCUT2D eigenvalue weighted by Gasteiger charge is -2.05. The topological polar surface area (TPSA) is 90.6 Å². The molecule has 0 saturated carbocycles. The second-order valence-electron chi connectivity index (χ2n) is 4.53. The highest BCUT2D eigenvalue weighted by molar-refractivity contribution is 5.93. The number of amides is 1. The Kier molecular flexibility index (Phi) is 3.23. The molecule has 0 saturated heterocycles. The Bertz CT molecular complexity index is 869. The fourth-order valence-electron chi connectivity index (χ4n) is 2.01. The fourth-order valence-corrected chi connectivity index (χ4v) is 2.01. The normalized spacial score (nSPS) is 10.7. The van der Waals surface area contributed by atoms with Crippen molar-refractivity contribution in [3.05, 3.63) is 64.1 Å². The van der Waals surface area contributed by atoms with E-state index in [0.29, 0.717) is 11.0 Å². The van der Waals surface area contributed by atoms with E-state index in [9.17, 15) is 14.0 Å². The van der Waals surface area contributed by atoms with Crippen LogP contribution in [0, 0.1) is 5.82 Å². The molecule has 1 aromatic carbocycles. The standard InChI is InChI=1S/C14H11FN4O2/c15-10-4-9(6-16-7-10)13(20)17-5-8-1-2-11-12(3-8)19-14(21)18-11/h1-4,6-7H,5H2,(H,17,20)(H2,18,19,21). The van der Waals surface area contributed by atoms with Crippen molar-refractivity contribution in [2.24, 2.45) is 0 Å². The number of carbonyl (C=O) groups is 1. The highest BCUT2D eigenvalue weighted by atomic mass is 19.1. The Hall–Kier alpha value is -2.96. The van der Waals surface area contributed by atoms with E-state index < -0.39 is 11.7 Å². The molecule has 6 nitrogen and oxygen atoms in total. The van der Waals surface area contributed by atoms with Crippen LogP contribution in [-0.2, 0) is 6.54 Å². The molecule has 106 valence electrons. The van der Waals surface area contributed by atoms with E-state index in [0.717, 1.165) is 17.8 Å². The zero-order valence-corrected chi connectivity index (χ0v) is 10.8. The van der Waals surface area contributed by atoms with Gasteiger partial charge in [-0.1, -0.05) is 6.07 Å². The minimum atomic E-state index is -0.561. The van der Waals surface area contributed by atoms with Crippen LogP contribution >= 0.6 is 0 Å². The lowest BCUT2D eigenvalue weighted by Crippen LogP contribution is -2.23. The molecule has 0 bridgehead atoms. The van der Waals surface area contributed by atoms with Gasteiger partial charge in [0.25, 0.3) is 5.91 Å². The van der Waals surface area contributed by atoms with Gasteiger partial charge in [-0.05, 0) is 23.8 Å². The first-order chi connectivity index (χ1) is 10.1. The van der Waals surface area contributed by atoms with Gasteiger partial charge in [0.05, 0.1) is 22.8 Å². The third-order valence-corrected chi connectivity index (χ3v) is 3.00. The predicted molar refractivity (Wildman–Crippen MR) is 74.3 cm³/mol. The number of hydrogen-bond donors (Lipinski definition) is 3. The van der Waals surface area contributed by atoms with Crippen molar-refractivity contribution in [2.45, 2.75) is 6.54 Å². The number of fused-ring (bicyclic) bond motifs is 1. The fraction of sp³-hybridized carbons (Fsp3) is 0.0714. The highest BCUT2D eigenvalue weighted by Gasteiger charge is 2.07. The summed E-state index contributed by atoms with van der Waals surface area (Å²) >= 11 is 0. The van der Waals surface area contributed by atoms with Gasteiger partial charge in [0.1, 0.15) is 5.82 Å². The van der Waals surface area contributed by atoms with Crippen molar-refractivity contribution in [3.63, 3.8) is 0 Å². The van der Waals surface area contributed by atoms with Gasteiger partial charge in [-0.15, -0.1) is 0 Å². The molecule has 2 heterocycles. The lowest BCUT2D eigenvalue weighted by molar-refractivity contribution is 0.0950. The van der Waals surface area contributed by atoms with Crippen LogP contribution in [0.3, 0.4) is 0 Å². The summed E-state index contributed by atoms with van der Waals surface area (Å²) in [6.07, 6.45) is 2.33. The molecule has 3 rings (SSSR count). The monoisotopic (exact) mass is 286 g/mol. The van der Waals surface area contributed by atoms with Gasteiger partial charge in [0.2, 0.25) is 0 Å². The molecule has 0 aliphatic heterocycles. The van der Waals surface area contributed by atoms with Crippen LogP contribution in [-0.4, -0.2) is 20.9 Å². The summed E-state index contributed by atoms with van der Waals surface area (Å²) in [6.45, 7) is 0.262. The summed E-state index contributed by atoms with van der Waals surface area (Å²) in [4.78, 5) is 31.9. The third kappa shape index (κ3) is 2.81. The average molecular weight is 286 g/mol. The van der Waals surface area contributed by atoms with Crippen LogP contribution in [0.15, 0.2) is 41.5 Å². The van der Waals surface area contributed by atoms with Crippen LogP contribution in [0.5, 0.6) is 0 Å². The number of aromatic amines is 2. The number of H-pyrrole nitrogens is 2. The number of nitrogens with zero attached hydrogens (tertiary/aromatic N) is 1. The lowest BCUT2D eigenvalue weighted by atomic mass is 10.2. The summed E-state index contributed by atoms with van der Waals surface area (Å²) in [6, 6.07) is 6.42. The van der Waals surface area contributed by atoms with Crippen molar-refractivity contribution < 1.29 is 9.18 Å². The number of aromatic nitrogens is 3. The number of imidazole rings is 1. The predicted octanol–water partition coefficient (Wildman–Crippen LogP) is 1.32. The maximum Gasteiger partial charge on any atom is 0.323 e. The summed E-state index contributed by atoms with van der Waals surface area (Å²) in [7, 11) is 0. The third-order valence-electron chi connectivity index (χ3n) is 3.00. The van der Waals surface area contributed by atoms with Crippen LogP contribution in [0.1, 0.15) is 15.9 Å². The minimum absolute atomic E-state index is 0.158. The van der Waals surface area contributed by atoms with E-state index >= 15 is 0 Å². The number of carbonyl (C=O) groups excluding carboxylic acids is 1. The average Bonchev–Trinajstić information content (AvgIpc) is 2.84. The van der Waals surface area contributed by atoms with Crippen LogP contribution in [0.2, 0.25) is 0 Å². The highest BCUT2D eigenvalue weighted by Crippen LogP contribution is 2.10. The quantitative estimate of drug-likeness (QED) is 0.678. The Labute approximate surface area is 118 Å². The molecule has 3 N–H and O–H groups in total. The van der Waals surface area contributed by atoms with Crippen LogP contribution in [0.25, 0.3) is 11.0 Å². The summed E-state index contributed by atoms with van der Waals surface area (Å²) < 4.78 is 13.0. The Balaban J connectivity index is 1.73. The smallest absolute Gasteiger partial charge is 0.323 e. The molecular formula is C14H11FN4O2. The first-order valence-corrected chi connectivity index (χ1v) is 6.21. The molecule has 0 radical (unpaired) electrons. The molecular weight excluding hydrogens is 275 g/mol. The van der Waals surface area contributed by atoms with Crippen molar-refractivity contribution >= 4 is 16.9 Å². The van der Waals surface area contributed by atoms with E-state index in [4.69, 9.17) is 0 Å². The molecule has 0 unspecified atom stereocenters. The Morgan fingerprint density at radius 2 is 2.00 bits per heavy atom. The molecule has 2 aromatic heterocycles. The largest absolute Gasteiger partial charge is 0.348 e. The first kappa shape index (κ1) is 13.0.